The number of aliphatic hydroxyl groups is 2. The third kappa shape index (κ3) is 39.8. The van der Waals surface area contributed by atoms with Crippen LogP contribution in [0.15, 0.2) is 166 Å². The maximum Gasteiger partial charge on any atom is 0.341 e. The van der Waals surface area contributed by atoms with E-state index < -0.39 is 17.9 Å². The Labute approximate surface area is 738 Å². The second kappa shape index (κ2) is 66.6. The summed E-state index contributed by atoms with van der Waals surface area (Å²) < 4.78 is 55.2. The summed E-state index contributed by atoms with van der Waals surface area (Å²) in [6.07, 6.45) is 16.2. The highest BCUT2D eigenvalue weighted by Crippen LogP contribution is 2.27. The van der Waals surface area contributed by atoms with E-state index in [2.05, 4.69) is 62.6 Å². The molecule has 34 nitrogen and oxygen atoms in total. The Kier molecular flexibility index (Phi) is 60.6. The molecule has 2 aromatic carbocycles. The molecule has 0 aliphatic carbocycles. The molecule has 38 heteroatoms. The van der Waals surface area contributed by atoms with E-state index >= 15 is 0 Å². The average molecular weight is 1800 g/mol. The molecule has 9 heterocycles. The molecule has 0 unspecified atom stereocenters. The smallest absolute Gasteiger partial charge is 0.341 e. The van der Waals surface area contributed by atoms with Gasteiger partial charge in [0.25, 0.3) is 11.8 Å². The van der Waals surface area contributed by atoms with E-state index in [1.165, 1.54) is 57.9 Å². The lowest BCUT2D eigenvalue weighted by molar-refractivity contribution is -0.0184. The number of aliphatic hydroxyl groups excluding tert-OH is 2. The van der Waals surface area contributed by atoms with Gasteiger partial charge in [0, 0.05) is 111 Å². The van der Waals surface area contributed by atoms with Crippen LogP contribution in [0.5, 0.6) is 23.0 Å². The molecule has 3 aliphatic heterocycles. The van der Waals surface area contributed by atoms with Crippen LogP contribution < -0.4 is 10.1 Å². The summed E-state index contributed by atoms with van der Waals surface area (Å²) in [6, 6.07) is 28.4. The molecule has 0 radical (unpaired) electrons. The number of carbonyl (C=O) groups is 8. The molecule has 3 aliphatic rings. The second-order valence-corrected chi connectivity index (χ2v) is 25.0. The number of carboxylic acids is 1. The van der Waals surface area contributed by atoms with Crippen LogP contribution in [0.1, 0.15) is 118 Å². The van der Waals surface area contributed by atoms with Crippen LogP contribution in [0, 0.1) is 0 Å². The van der Waals surface area contributed by atoms with Crippen molar-refractivity contribution in [1.82, 2.24) is 45.0 Å². The van der Waals surface area contributed by atoms with Crippen molar-refractivity contribution in [3.05, 3.63) is 244 Å². The van der Waals surface area contributed by atoms with Gasteiger partial charge in [-0.25, -0.2) is 24.2 Å². The molecule has 7 N–H and O–H groups in total. The standard InChI is InChI=1S/C21H24N2O6.C14H20N2O4.C10H13NO3.C9H11NO3.C9H9NO2.C7H6ClNO2.C7H6O3.C5H11NO2.C3H6.3ClH/c1-27-10-7-18-16(4-3-8-22-18)21(26)23-9-11-28-13-15(23)14-29-20-6-2-5-19(25)17(20)12-24;1-19-7-4-13-12(3-2-5-15-13)14(18)16-6-8-20-10-11(16)9-17;1-13-7-5-9-8(10(12)14-2)4-3-6-11-9;1-13-6-4-8-7(9(11)12)3-2-5-10-8;1-3-8-7(9(11)12-2)5-4-6-10-8;1-11-7(10)5-3-2-4-9-6(5)8;8-4-5-6(9)2-1-3-7(5)10;7-3-5-4-8-2-1-6-5;1-3-2;;;/h2-6,8,12,15,25H,7,9-11,13-14H2,1H3;2-3,5,11,17H,4,6-10H2,1H3;3-4,6H,5,7H2,1-2H3;2-3,5H,4,6H2,1H3,(H,11,12);3-6H,1H2,2H3;2-4H,1H3;1-4,9-10H;5-7H,1-4H2;3H,1H2,2H3;3*1H/t15-;11-;;;;;;5-;;;;/m01.....1..../s1. The number of methoxy groups -OCH3 is 7. The molecular weight excluding hydrogens is 1690 g/mol. The van der Waals surface area contributed by atoms with Crippen molar-refractivity contribution in [3.63, 3.8) is 0 Å². The molecule has 3 saturated heterocycles. The maximum absolute atomic E-state index is 13.2. The third-order valence-corrected chi connectivity index (χ3v) is 16.9. The quantitative estimate of drug-likeness (QED) is 0.00872. The number of rotatable bonds is 26. The van der Waals surface area contributed by atoms with Crippen molar-refractivity contribution in [1.29, 1.82) is 0 Å². The summed E-state index contributed by atoms with van der Waals surface area (Å²) in [5.41, 5.74) is 5.83. The zero-order valence-electron chi connectivity index (χ0n) is 69.6. The van der Waals surface area contributed by atoms with E-state index in [1.807, 2.05) is 6.92 Å². The highest BCUT2D eigenvalue weighted by molar-refractivity contribution is 6.32. The van der Waals surface area contributed by atoms with Crippen molar-refractivity contribution < 1.29 is 121 Å². The number of hydrogen-bond acceptors (Lipinski definition) is 31. The van der Waals surface area contributed by atoms with Crippen LogP contribution in [0.4, 0.5) is 0 Å². The number of nitrogens with zero attached hydrogens (tertiary/aromatic N) is 8. The van der Waals surface area contributed by atoms with E-state index in [4.69, 9.17) is 69.9 Å². The van der Waals surface area contributed by atoms with Crippen molar-refractivity contribution >= 4 is 103 Å². The molecule has 0 bridgehead atoms. The Balaban J connectivity index is 0.00000142. The molecule has 0 spiro atoms. The third-order valence-electron chi connectivity index (χ3n) is 16.6. The van der Waals surface area contributed by atoms with E-state index in [1.54, 1.807) is 160 Å². The molecule has 2 amide bonds. The Hall–Kier alpha value is -11.1. The van der Waals surface area contributed by atoms with Crippen LogP contribution in [0.2, 0.25) is 5.15 Å². The number of pyridine rings is 6. The first-order valence-corrected chi connectivity index (χ1v) is 37.6. The fourth-order valence-corrected chi connectivity index (χ4v) is 10.7. The number of allylic oxidation sites excluding steroid dienone is 1. The number of carboxylic acid groups (broad SMARTS) is 1. The Morgan fingerprint density at radius 1 is 0.488 bits per heavy atom. The summed E-state index contributed by atoms with van der Waals surface area (Å²) >= 11 is 5.59. The maximum atomic E-state index is 13.2. The van der Waals surface area contributed by atoms with Gasteiger partial charge in [-0.3, -0.25) is 44.1 Å². The van der Waals surface area contributed by atoms with Crippen LogP contribution >= 0.6 is 48.8 Å². The van der Waals surface area contributed by atoms with Crippen LogP contribution in [-0.4, -0.2) is 292 Å². The molecule has 11 rings (SSSR count). The molecule has 6 aromatic heterocycles. The van der Waals surface area contributed by atoms with Crippen molar-refractivity contribution in [3.8, 4) is 23.0 Å². The van der Waals surface area contributed by atoms with Gasteiger partial charge < -0.3 is 97.9 Å². The van der Waals surface area contributed by atoms with Gasteiger partial charge in [0.2, 0.25) is 0 Å². The highest BCUT2D eigenvalue weighted by Gasteiger charge is 2.32. The second-order valence-electron chi connectivity index (χ2n) is 24.6. The lowest BCUT2D eigenvalue weighted by Gasteiger charge is -2.35. The average Bonchev–Trinajstić information content (AvgIpc) is 0.812. The predicted molar refractivity (Wildman–Crippen MR) is 464 cm³/mol. The number of amides is 2. The molecule has 3 fully saturated rings. The molecule has 0 saturated carbocycles. The van der Waals surface area contributed by atoms with Gasteiger partial charge in [-0.15, -0.1) is 43.8 Å². The number of aldehydes is 2. The van der Waals surface area contributed by atoms with E-state index in [9.17, 15) is 48.6 Å². The number of aromatic nitrogens is 6. The predicted octanol–water partition coefficient (Wildman–Crippen LogP) is 9.21. The number of carbonyl (C=O) groups excluding carboxylic acids is 7. The van der Waals surface area contributed by atoms with E-state index in [-0.39, 0.29) is 143 Å². The molecule has 3 atom stereocenters. The fourth-order valence-electron chi connectivity index (χ4n) is 10.5. The van der Waals surface area contributed by atoms with Gasteiger partial charge in [-0.2, -0.15) is 0 Å². The summed E-state index contributed by atoms with van der Waals surface area (Å²) in [5, 5.41) is 57.6. The number of phenols is 3. The number of ether oxygens (including phenoxy) is 11. The van der Waals surface area contributed by atoms with Gasteiger partial charge in [0.15, 0.2) is 12.6 Å². The minimum absolute atomic E-state index is 0. The Morgan fingerprint density at radius 3 is 1.26 bits per heavy atom. The largest absolute Gasteiger partial charge is 0.507 e. The molecular formula is C85H109Cl4N9O25. The zero-order valence-corrected chi connectivity index (χ0v) is 72.8. The van der Waals surface area contributed by atoms with Crippen molar-refractivity contribution in [2.45, 2.75) is 50.7 Å². The molecule has 672 valence electrons. The lowest BCUT2D eigenvalue weighted by Crippen LogP contribution is -2.51. The lowest BCUT2D eigenvalue weighted by atomic mass is 10.1. The van der Waals surface area contributed by atoms with Crippen molar-refractivity contribution in [2.75, 3.05) is 155 Å². The number of aromatic carboxylic acids is 1. The Morgan fingerprint density at radius 2 is 0.862 bits per heavy atom. The zero-order chi connectivity index (χ0) is 88.4. The first kappa shape index (κ1) is 112. The molecule has 8 aromatic rings. The minimum atomic E-state index is -0.945. The highest BCUT2D eigenvalue weighted by atomic mass is 35.5. The summed E-state index contributed by atoms with van der Waals surface area (Å²) in [4.78, 5) is 119. The number of aromatic hydroxyl groups is 3. The summed E-state index contributed by atoms with van der Waals surface area (Å²) in [7, 11) is 10.4. The first-order valence-electron chi connectivity index (χ1n) is 37.2. The van der Waals surface area contributed by atoms with Gasteiger partial charge in [-0.05, 0) is 110 Å². The first-order chi connectivity index (χ1) is 58.1. The van der Waals surface area contributed by atoms with Crippen LogP contribution in [-0.2, 0) is 73.1 Å². The normalized spacial score (nSPS) is 13.7. The number of benzene rings is 2. The number of halogens is 4. The van der Waals surface area contributed by atoms with Crippen LogP contribution in [0.25, 0.3) is 6.08 Å². The number of phenolic OH excluding ortho intramolecular Hbond substituents is 3. The topological polar surface area (TPSA) is 455 Å². The number of hydrogen-bond donors (Lipinski definition) is 7. The number of nitrogens with one attached hydrogen (secondary N) is 1. The number of esters is 3. The van der Waals surface area contributed by atoms with Crippen molar-refractivity contribution in [2.24, 2.45) is 0 Å². The SMILES string of the molecule is C=CC.C=Cc1ncccc1C(=O)OC.COC(=O)c1cccnc1Cl.COCCc1ncccc1C(=O)N1CCOC[C@H]1CO.COCCc1ncccc1C(=O)N1CCOC[C@H]1COc1cccc(O)c1C=O.COCCc1ncccc1C(=O)O.COCCc1ncccc1C(=O)OC.Cl.Cl.Cl.O=Cc1c(O)cccc1O.OC[C@@H]1COCCN1. The Bertz CT molecular complexity index is 4420. The van der Waals surface area contributed by atoms with E-state index in [0.717, 1.165) is 18.8 Å². The monoisotopic (exact) mass is 1800 g/mol. The van der Waals surface area contributed by atoms with Gasteiger partial charge in [-0.1, -0.05) is 36.4 Å². The van der Waals surface area contributed by atoms with Gasteiger partial charge in [0.05, 0.1) is 192 Å². The minimum Gasteiger partial charge on any atom is -0.507 e. The molecule has 123 heavy (non-hydrogen) atoms. The van der Waals surface area contributed by atoms with E-state index in [0.29, 0.717) is 156 Å². The fraction of sp³-hybridized carbons (Fsp3) is 0.365. The van der Waals surface area contributed by atoms with Gasteiger partial charge in [0.1, 0.15) is 34.8 Å². The summed E-state index contributed by atoms with van der Waals surface area (Å²) in [6.45, 7) is 15.8. The summed E-state index contributed by atoms with van der Waals surface area (Å²) in [5.74, 6) is -2.70. The van der Waals surface area contributed by atoms with Gasteiger partial charge >= 0.3 is 23.9 Å². The van der Waals surface area contributed by atoms with Crippen LogP contribution in [0.3, 0.4) is 0 Å². The number of morpholine rings is 3.